The monoisotopic (exact) mass is 561 g/mol. The number of amides is 1. The van der Waals surface area contributed by atoms with Crippen molar-refractivity contribution >= 4 is 35.6 Å². The summed E-state index contributed by atoms with van der Waals surface area (Å²) in [5.41, 5.74) is 3.04. The number of amidine groups is 1. The molecular weight excluding hydrogens is 522 g/mol. The van der Waals surface area contributed by atoms with Crippen LogP contribution in [0.4, 0.5) is 5.69 Å². The molecule has 3 rings (SSSR count). The van der Waals surface area contributed by atoms with E-state index in [1.807, 2.05) is 24.8 Å². The summed E-state index contributed by atoms with van der Waals surface area (Å²) in [6, 6.07) is 5.39. The molecule has 3 N–H and O–H groups in total. The Morgan fingerprint density at radius 1 is 1.23 bits per heavy atom. The van der Waals surface area contributed by atoms with Crippen molar-refractivity contribution in [2.45, 2.75) is 46.6 Å². The minimum Gasteiger partial charge on any atom is -0.494 e. The number of anilines is 1. The van der Waals surface area contributed by atoms with Gasteiger partial charge < -0.3 is 29.7 Å². The number of benzene rings is 1. The van der Waals surface area contributed by atoms with Gasteiger partial charge >= 0.3 is 0 Å². The Balaban J connectivity index is 0.00000533. The predicted octanol–water partition coefficient (Wildman–Crippen LogP) is 3.41. The Morgan fingerprint density at radius 2 is 1.92 bits per heavy atom. The number of rotatable bonds is 11. The molecule has 11 heteroatoms. The van der Waals surface area contributed by atoms with E-state index in [4.69, 9.17) is 14.9 Å². The number of nitrogens with zero attached hydrogens (tertiary/aromatic N) is 3. The highest BCUT2D eigenvalue weighted by Gasteiger charge is 2.32. The molecule has 1 aliphatic heterocycles. The third kappa shape index (κ3) is 6.62. The first-order valence-electron chi connectivity index (χ1n) is 12.8. The largest absolute Gasteiger partial charge is 0.494 e. The van der Waals surface area contributed by atoms with Crippen LogP contribution in [-0.4, -0.2) is 79.5 Å². The maximum absolute atomic E-state index is 13.6. The van der Waals surface area contributed by atoms with Crippen LogP contribution in [0.5, 0.6) is 11.5 Å². The molecule has 1 amide bonds. The fraction of sp³-hybridized carbons (Fsp3) is 0.500. The number of hydrogen-bond acceptors (Lipinski definition) is 8. The summed E-state index contributed by atoms with van der Waals surface area (Å²) in [5.74, 6) is 0.558. The summed E-state index contributed by atoms with van der Waals surface area (Å²) in [6.07, 6.45) is 0. The van der Waals surface area contributed by atoms with Gasteiger partial charge in [-0.3, -0.25) is 15.0 Å². The Bertz CT molecular complexity index is 1230. The van der Waals surface area contributed by atoms with Crippen molar-refractivity contribution < 1.29 is 24.2 Å². The molecular formula is C28H40ClN5O5. The SMILES string of the molecule is CCOc1cc2c(nc1C(=O)NC)C(=N)N(CC(=O)c1cc(N(CC)CCO)c(OC)c(C(C)(C)C)c1)C2.Cl. The van der Waals surface area contributed by atoms with E-state index in [1.54, 1.807) is 24.1 Å². The zero-order chi connectivity index (χ0) is 28.2. The molecule has 0 spiro atoms. The maximum Gasteiger partial charge on any atom is 0.273 e. The Hall–Kier alpha value is -3.37. The number of Topliss-reactive ketones (excluding diaryl/α,β-unsaturated/α-hetero) is 1. The first kappa shape index (κ1) is 31.8. The summed E-state index contributed by atoms with van der Waals surface area (Å²) in [4.78, 5) is 34.1. The van der Waals surface area contributed by atoms with Crippen LogP contribution in [-0.2, 0) is 12.0 Å². The number of fused-ring (bicyclic) bond motifs is 1. The summed E-state index contributed by atoms with van der Waals surface area (Å²) in [5, 5.41) is 20.9. The van der Waals surface area contributed by atoms with Gasteiger partial charge in [0.1, 0.15) is 17.3 Å². The van der Waals surface area contributed by atoms with Gasteiger partial charge in [0.05, 0.1) is 32.6 Å². The summed E-state index contributed by atoms with van der Waals surface area (Å²) in [7, 11) is 3.13. The van der Waals surface area contributed by atoms with Gasteiger partial charge in [0.25, 0.3) is 5.91 Å². The van der Waals surface area contributed by atoms with Crippen LogP contribution in [0.2, 0.25) is 0 Å². The second-order valence-corrected chi connectivity index (χ2v) is 10.1. The first-order valence-corrected chi connectivity index (χ1v) is 12.8. The van der Waals surface area contributed by atoms with Gasteiger partial charge in [0.2, 0.25) is 0 Å². The third-order valence-electron chi connectivity index (χ3n) is 6.54. The van der Waals surface area contributed by atoms with Gasteiger partial charge in [-0.25, -0.2) is 4.98 Å². The number of carbonyl (C=O) groups is 2. The van der Waals surface area contributed by atoms with E-state index in [-0.39, 0.29) is 48.3 Å². The highest BCUT2D eigenvalue weighted by Crippen LogP contribution is 2.40. The van der Waals surface area contributed by atoms with E-state index < -0.39 is 5.91 Å². The summed E-state index contributed by atoms with van der Waals surface area (Å²) in [6.45, 7) is 11.6. The van der Waals surface area contributed by atoms with Crippen molar-refractivity contribution in [2.75, 3.05) is 51.9 Å². The molecule has 0 bridgehead atoms. The second-order valence-electron chi connectivity index (χ2n) is 10.1. The second kappa shape index (κ2) is 13.1. The zero-order valence-corrected chi connectivity index (χ0v) is 24.6. The van der Waals surface area contributed by atoms with Crippen LogP contribution in [0.3, 0.4) is 0 Å². The highest BCUT2D eigenvalue weighted by atomic mass is 35.5. The lowest BCUT2D eigenvalue weighted by molar-refractivity contribution is 0.0949. The average molecular weight is 562 g/mol. The molecule has 2 aromatic rings. The number of methoxy groups -OCH3 is 1. The molecule has 0 radical (unpaired) electrons. The van der Waals surface area contributed by atoms with Crippen LogP contribution in [0.15, 0.2) is 18.2 Å². The van der Waals surface area contributed by atoms with Gasteiger partial charge in [-0.1, -0.05) is 20.8 Å². The van der Waals surface area contributed by atoms with Crippen LogP contribution in [0.1, 0.15) is 72.3 Å². The van der Waals surface area contributed by atoms with Crippen molar-refractivity contribution in [3.05, 3.63) is 46.3 Å². The number of hydrogen-bond donors (Lipinski definition) is 3. The summed E-state index contributed by atoms with van der Waals surface area (Å²) >= 11 is 0. The van der Waals surface area contributed by atoms with Crippen molar-refractivity contribution in [3.8, 4) is 11.5 Å². The van der Waals surface area contributed by atoms with Gasteiger partial charge in [-0.15, -0.1) is 12.4 Å². The van der Waals surface area contributed by atoms with E-state index in [0.29, 0.717) is 49.0 Å². The maximum atomic E-state index is 13.6. The number of aromatic nitrogens is 1. The average Bonchev–Trinajstić information content (AvgIpc) is 3.18. The number of likely N-dealkylation sites (N-methyl/N-ethyl adjacent to an activating group) is 1. The van der Waals surface area contributed by atoms with E-state index in [2.05, 4.69) is 31.1 Å². The van der Waals surface area contributed by atoms with Gasteiger partial charge in [-0.2, -0.15) is 0 Å². The molecule has 1 aliphatic rings. The van der Waals surface area contributed by atoms with Crippen LogP contribution in [0.25, 0.3) is 0 Å². The molecule has 2 heterocycles. The predicted molar refractivity (Wildman–Crippen MR) is 154 cm³/mol. The van der Waals surface area contributed by atoms with Crippen LogP contribution < -0.4 is 19.7 Å². The van der Waals surface area contributed by atoms with E-state index >= 15 is 0 Å². The lowest BCUT2D eigenvalue weighted by Gasteiger charge is -2.30. The lowest BCUT2D eigenvalue weighted by atomic mass is 9.84. The topological polar surface area (TPSA) is 128 Å². The van der Waals surface area contributed by atoms with Crippen molar-refractivity contribution in [1.29, 1.82) is 5.41 Å². The number of aliphatic hydroxyl groups is 1. The summed E-state index contributed by atoms with van der Waals surface area (Å²) < 4.78 is 11.4. The molecule has 39 heavy (non-hydrogen) atoms. The smallest absolute Gasteiger partial charge is 0.273 e. The van der Waals surface area contributed by atoms with E-state index in [1.165, 1.54) is 7.05 Å². The van der Waals surface area contributed by atoms with E-state index in [0.717, 1.165) is 16.8 Å². The molecule has 0 fully saturated rings. The molecule has 0 atom stereocenters. The van der Waals surface area contributed by atoms with Gasteiger partial charge in [0.15, 0.2) is 17.2 Å². The number of aliphatic hydroxyl groups excluding tert-OH is 1. The fourth-order valence-electron chi connectivity index (χ4n) is 4.59. The first-order chi connectivity index (χ1) is 18.0. The molecule has 0 saturated carbocycles. The number of carbonyl (C=O) groups excluding carboxylic acids is 2. The van der Waals surface area contributed by atoms with E-state index in [9.17, 15) is 14.7 Å². The molecule has 0 aliphatic carbocycles. The van der Waals surface area contributed by atoms with Crippen LogP contribution in [0, 0.1) is 5.41 Å². The fourth-order valence-corrected chi connectivity index (χ4v) is 4.59. The van der Waals surface area contributed by atoms with Crippen molar-refractivity contribution in [1.82, 2.24) is 15.2 Å². The Kier molecular flexibility index (Phi) is 10.7. The highest BCUT2D eigenvalue weighted by molar-refractivity contribution is 6.06. The molecule has 1 aromatic heterocycles. The molecule has 0 saturated heterocycles. The van der Waals surface area contributed by atoms with Crippen LogP contribution >= 0.6 is 12.4 Å². The quantitative estimate of drug-likeness (QED) is 0.356. The Labute approximate surface area is 236 Å². The minimum atomic E-state index is -0.401. The lowest BCUT2D eigenvalue weighted by Crippen LogP contribution is -2.31. The number of ketones is 1. The molecule has 0 unspecified atom stereocenters. The minimum absolute atomic E-state index is 0. The molecule has 10 nitrogen and oxygen atoms in total. The molecule has 214 valence electrons. The van der Waals surface area contributed by atoms with Gasteiger partial charge in [0, 0.05) is 43.4 Å². The standard InChI is InChI=1S/C28H39N5O5.ClH/c1-8-32(10-11-34)20-13-17(12-19(25(20)37-7)28(3,4)5)21(35)16-33-15-18-14-22(38-9-2)24(27(36)30-6)31-23(18)26(33)29;/h12-14,29,34H,8-11,15-16H2,1-7H3,(H,30,36);1H. The number of halogens is 1. The number of pyridine rings is 1. The molecule has 1 aromatic carbocycles. The van der Waals surface area contributed by atoms with Crippen molar-refractivity contribution in [3.63, 3.8) is 0 Å². The normalized spacial score (nSPS) is 12.5. The van der Waals surface area contributed by atoms with Gasteiger partial charge in [-0.05, 0) is 37.5 Å². The third-order valence-corrected chi connectivity index (χ3v) is 6.54. The number of ether oxygens (including phenoxy) is 2. The number of nitrogens with one attached hydrogen (secondary N) is 2. The van der Waals surface area contributed by atoms with Crippen molar-refractivity contribution in [2.24, 2.45) is 0 Å². The zero-order valence-electron chi connectivity index (χ0n) is 23.8. The Morgan fingerprint density at radius 3 is 2.46 bits per heavy atom.